The van der Waals surface area contributed by atoms with Crippen LogP contribution in [0.15, 0.2) is 10.7 Å². The summed E-state index contributed by atoms with van der Waals surface area (Å²) in [5, 5.41) is 7.02. The third kappa shape index (κ3) is 1.03. The van der Waals surface area contributed by atoms with Gasteiger partial charge in [0, 0.05) is 5.27 Å². The minimum Gasteiger partial charge on any atom is -0.314 e. The largest absolute Gasteiger partial charge is 0.314 e. The zero-order valence-corrected chi connectivity index (χ0v) is 6.85. The van der Waals surface area contributed by atoms with Gasteiger partial charge in [-0.2, -0.15) is 0 Å². The summed E-state index contributed by atoms with van der Waals surface area (Å²) in [6, 6.07) is 0. The van der Waals surface area contributed by atoms with Gasteiger partial charge in [-0.3, -0.25) is 0 Å². The topological polar surface area (TPSA) is 64.7 Å². The molecular formula is C7H8N4O. The van der Waals surface area contributed by atoms with Crippen LogP contribution in [0.3, 0.4) is 0 Å². The number of aromatic nitrogens is 4. The number of nitrogens with zero attached hydrogens (tertiary/aromatic N) is 4. The fourth-order valence-corrected chi connectivity index (χ4v) is 0.887. The zero-order valence-electron chi connectivity index (χ0n) is 6.85. The van der Waals surface area contributed by atoms with Gasteiger partial charge in [-0.1, -0.05) is 18.9 Å². The average Bonchev–Trinajstić information content (AvgIpc) is 2.49. The van der Waals surface area contributed by atoms with E-state index in [-0.39, 0.29) is 0 Å². The second-order valence-corrected chi connectivity index (χ2v) is 2.85. The quantitative estimate of drug-likeness (QED) is 0.632. The Balaban J connectivity index is 2.60. The summed E-state index contributed by atoms with van der Waals surface area (Å²) >= 11 is 0. The summed E-state index contributed by atoms with van der Waals surface area (Å²) in [5.74, 6) is 0.346. The Morgan fingerprint density at radius 3 is 3.00 bits per heavy atom. The van der Waals surface area contributed by atoms with Crippen LogP contribution in [-0.2, 0) is 0 Å². The van der Waals surface area contributed by atoms with Gasteiger partial charge in [0.2, 0.25) is 5.65 Å². The molecule has 0 saturated carbocycles. The van der Waals surface area contributed by atoms with Gasteiger partial charge in [0.15, 0.2) is 0 Å². The monoisotopic (exact) mass is 164 g/mol. The van der Waals surface area contributed by atoms with Crippen molar-refractivity contribution in [3.05, 3.63) is 11.9 Å². The summed E-state index contributed by atoms with van der Waals surface area (Å²) in [5.41, 5.74) is 1.76. The first-order valence-electron chi connectivity index (χ1n) is 3.72. The van der Waals surface area contributed by atoms with Gasteiger partial charge < -0.3 is 4.52 Å². The molecule has 2 aromatic heterocycles. The van der Waals surface area contributed by atoms with Crippen LogP contribution in [0.5, 0.6) is 0 Å². The molecule has 5 nitrogen and oxygen atoms in total. The van der Waals surface area contributed by atoms with E-state index in [4.69, 9.17) is 4.52 Å². The van der Waals surface area contributed by atoms with E-state index in [1.807, 2.05) is 13.8 Å². The summed E-state index contributed by atoms with van der Waals surface area (Å²) in [6.07, 6.45) is 1.68. The van der Waals surface area contributed by atoms with Crippen LogP contribution in [0.1, 0.15) is 25.5 Å². The molecule has 62 valence electrons. The van der Waals surface area contributed by atoms with Crippen LogP contribution < -0.4 is 0 Å². The van der Waals surface area contributed by atoms with E-state index >= 15 is 0 Å². The Morgan fingerprint density at radius 1 is 1.42 bits per heavy atom. The molecule has 0 aliphatic carbocycles. The van der Waals surface area contributed by atoms with Crippen molar-refractivity contribution >= 4 is 11.4 Å². The smallest absolute Gasteiger partial charge is 0.297 e. The molecule has 0 amide bonds. The fourth-order valence-electron chi connectivity index (χ4n) is 0.887. The Hall–Kier alpha value is -1.52. The molecule has 0 spiro atoms. The molecule has 0 fully saturated rings. The van der Waals surface area contributed by atoms with E-state index in [2.05, 4.69) is 20.3 Å². The highest BCUT2D eigenvalue weighted by atomic mass is 16.5. The number of hydrogen-bond acceptors (Lipinski definition) is 5. The lowest BCUT2D eigenvalue weighted by molar-refractivity contribution is 0.417. The molecule has 0 saturated heterocycles. The average molecular weight is 164 g/mol. The van der Waals surface area contributed by atoms with Crippen molar-refractivity contribution in [1.29, 1.82) is 0 Å². The molecule has 0 aromatic carbocycles. The molecule has 0 bridgehead atoms. The van der Waals surface area contributed by atoms with Crippen molar-refractivity contribution in [2.75, 3.05) is 0 Å². The van der Waals surface area contributed by atoms with E-state index in [0.29, 0.717) is 17.3 Å². The summed E-state index contributed by atoms with van der Waals surface area (Å²) in [7, 11) is 0. The van der Waals surface area contributed by atoms with Gasteiger partial charge in [-0.05, 0) is 5.92 Å². The highest BCUT2D eigenvalue weighted by molar-refractivity contribution is 5.60. The van der Waals surface area contributed by atoms with Gasteiger partial charge in [0.1, 0.15) is 0 Å². The van der Waals surface area contributed by atoms with Gasteiger partial charge >= 0.3 is 0 Å². The van der Waals surface area contributed by atoms with Crippen LogP contribution in [-0.4, -0.2) is 20.3 Å². The zero-order chi connectivity index (χ0) is 8.55. The molecular weight excluding hydrogens is 156 g/mol. The maximum atomic E-state index is 4.72. The minimum absolute atomic E-state index is 0.346. The Bertz CT molecular complexity index is 395. The van der Waals surface area contributed by atoms with Crippen molar-refractivity contribution in [2.24, 2.45) is 0 Å². The SMILES string of the molecule is CC(C)c1cnc2onnc2n1. The molecule has 0 aliphatic heterocycles. The van der Waals surface area contributed by atoms with Gasteiger partial charge in [-0.25, -0.2) is 9.97 Å². The maximum absolute atomic E-state index is 4.72. The molecule has 0 N–H and O–H groups in total. The van der Waals surface area contributed by atoms with Crippen LogP contribution in [0.2, 0.25) is 0 Å². The van der Waals surface area contributed by atoms with E-state index in [0.717, 1.165) is 5.69 Å². The summed E-state index contributed by atoms with van der Waals surface area (Å²) in [6.45, 7) is 4.09. The molecule has 12 heavy (non-hydrogen) atoms. The molecule has 2 rings (SSSR count). The molecule has 0 aliphatic rings. The highest BCUT2D eigenvalue weighted by Crippen LogP contribution is 2.12. The fraction of sp³-hybridized carbons (Fsp3) is 0.429. The molecule has 0 unspecified atom stereocenters. The van der Waals surface area contributed by atoms with Crippen molar-refractivity contribution in [3.63, 3.8) is 0 Å². The Kier molecular flexibility index (Phi) is 1.49. The molecule has 0 radical (unpaired) electrons. The summed E-state index contributed by atoms with van der Waals surface area (Å²) in [4.78, 5) is 8.21. The standard InChI is InChI=1S/C7H8N4O/c1-4(2)5-3-8-7-6(9-5)10-11-12-7/h3-4H,1-2H3. The molecule has 5 heteroatoms. The van der Waals surface area contributed by atoms with Crippen molar-refractivity contribution < 1.29 is 4.52 Å². The van der Waals surface area contributed by atoms with Crippen molar-refractivity contribution in [3.8, 4) is 0 Å². The molecule has 2 aromatic rings. The van der Waals surface area contributed by atoms with Crippen LogP contribution in [0.4, 0.5) is 0 Å². The predicted octanol–water partition coefficient (Wildman–Crippen LogP) is 1.14. The summed E-state index contributed by atoms with van der Waals surface area (Å²) < 4.78 is 4.72. The molecule has 2 heterocycles. The third-order valence-corrected chi connectivity index (χ3v) is 1.59. The van der Waals surface area contributed by atoms with E-state index in [9.17, 15) is 0 Å². The second kappa shape index (κ2) is 2.51. The van der Waals surface area contributed by atoms with Crippen LogP contribution >= 0.6 is 0 Å². The normalized spacial score (nSPS) is 11.2. The third-order valence-electron chi connectivity index (χ3n) is 1.59. The van der Waals surface area contributed by atoms with Crippen LogP contribution in [0, 0.1) is 0 Å². The van der Waals surface area contributed by atoms with Crippen molar-refractivity contribution in [2.45, 2.75) is 19.8 Å². The first-order chi connectivity index (χ1) is 5.77. The van der Waals surface area contributed by atoms with E-state index in [1.165, 1.54) is 0 Å². The minimum atomic E-state index is 0.346. The van der Waals surface area contributed by atoms with E-state index < -0.39 is 0 Å². The second-order valence-electron chi connectivity index (χ2n) is 2.85. The number of hydrogen-bond donors (Lipinski definition) is 0. The lowest BCUT2D eigenvalue weighted by Gasteiger charge is -1.99. The van der Waals surface area contributed by atoms with Gasteiger partial charge in [0.05, 0.1) is 11.9 Å². The number of fused-ring (bicyclic) bond motifs is 1. The Labute approximate surface area is 68.8 Å². The van der Waals surface area contributed by atoms with Gasteiger partial charge in [-0.15, -0.1) is 0 Å². The first kappa shape index (κ1) is 7.15. The van der Waals surface area contributed by atoms with Crippen molar-refractivity contribution in [1.82, 2.24) is 20.3 Å². The van der Waals surface area contributed by atoms with Gasteiger partial charge in [0.25, 0.3) is 5.71 Å². The Morgan fingerprint density at radius 2 is 2.25 bits per heavy atom. The first-order valence-corrected chi connectivity index (χ1v) is 3.72. The lowest BCUT2D eigenvalue weighted by Crippen LogP contribution is -1.93. The lowest BCUT2D eigenvalue weighted by atomic mass is 10.1. The number of rotatable bonds is 1. The maximum Gasteiger partial charge on any atom is 0.297 e. The van der Waals surface area contributed by atoms with Crippen LogP contribution in [0.25, 0.3) is 11.4 Å². The van der Waals surface area contributed by atoms with E-state index in [1.54, 1.807) is 6.20 Å². The highest BCUT2D eigenvalue weighted by Gasteiger charge is 2.06. The molecule has 0 atom stereocenters. The predicted molar refractivity (Wildman–Crippen MR) is 41.5 cm³/mol.